The number of morpholine rings is 1. The molecule has 0 unspecified atom stereocenters. The van der Waals surface area contributed by atoms with E-state index in [1.54, 1.807) is 0 Å². The number of hydrogen-bond donors (Lipinski definition) is 1. The molecule has 5 fully saturated rings. The fourth-order valence-corrected chi connectivity index (χ4v) is 8.92. The Morgan fingerprint density at radius 1 is 0.829 bits per heavy atom. The minimum absolute atomic E-state index is 0.379. The fraction of sp³-hybridized carbons (Fsp3) is 0.767. The number of fused-ring (bicyclic) bond motifs is 5. The third kappa shape index (κ3) is 4.46. The molecule has 1 aromatic heterocycles. The van der Waals surface area contributed by atoms with Gasteiger partial charge >= 0.3 is 0 Å². The Hall–Kier alpha value is -1.43. The third-order valence-electron chi connectivity index (χ3n) is 10.2. The molecule has 0 radical (unpaired) electrons. The molecule has 5 nitrogen and oxygen atoms in total. The molecule has 5 aliphatic rings. The van der Waals surface area contributed by atoms with E-state index in [-0.39, 0.29) is 0 Å². The summed E-state index contributed by atoms with van der Waals surface area (Å²) < 4.78 is 8.47. The van der Waals surface area contributed by atoms with Crippen molar-refractivity contribution in [3.63, 3.8) is 0 Å². The van der Waals surface area contributed by atoms with Crippen LogP contribution in [0.3, 0.4) is 0 Å². The number of hydrogen-bond acceptors (Lipinski definition) is 4. The van der Waals surface area contributed by atoms with Gasteiger partial charge in [-0.25, -0.2) is 4.98 Å². The number of imidazole rings is 1. The topological polar surface area (TPSA) is 42.3 Å². The van der Waals surface area contributed by atoms with Crippen LogP contribution in [0.5, 0.6) is 0 Å². The van der Waals surface area contributed by atoms with Gasteiger partial charge in [-0.05, 0) is 68.9 Å². The van der Waals surface area contributed by atoms with Gasteiger partial charge in [-0.2, -0.15) is 0 Å². The monoisotopic (exact) mass is 476 g/mol. The molecule has 3 saturated heterocycles. The maximum Gasteiger partial charge on any atom is 0.111 e. The zero-order valence-electron chi connectivity index (χ0n) is 21.4. The minimum atomic E-state index is 0.379. The number of nitrogens with zero attached hydrogens (tertiary/aromatic N) is 3. The predicted octanol–water partition coefficient (Wildman–Crippen LogP) is 5.48. The Balaban J connectivity index is 1.16. The first-order valence-corrected chi connectivity index (χ1v) is 14.9. The normalized spacial score (nSPS) is 38.3. The largest absolute Gasteiger partial charge is 0.379 e. The van der Waals surface area contributed by atoms with Gasteiger partial charge in [0.05, 0.1) is 24.2 Å². The number of nitrogens with one attached hydrogen (secondary N) is 1. The lowest BCUT2D eigenvalue weighted by Gasteiger charge is -2.54. The van der Waals surface area contributed by atoms with Crippen LogP contribution in [0.2, 0.25) is 0 Å². The first-order valence-electron chi connectivity index (χ1n) is 14.9. The van der Waals surface area contributed by atoms with Crippen LogP contribution in [-0.2, 0) is 11.2 Å². The van der Waals surface area contributed by atoms with Crippen LogP contribution >= 0.6 is 0 Å². The maximum atomic E-state index is 5.79. The SMILES string of the molecule is c1ccc2c(c1)nc(C[C@H]1COCCN1)n2[C@@H]1C[C@H]2CCC[C@@H](C1)N2[C@H]1C[C@@H]2CCCC[C@@H](C2)C1. The van der Waals surface area contributed by atoms with Gasteiger partial charge in [0, 0.05) is 43.2 Å². The maximum absolute atomic E-state index is 5.79. The second-order valence-corrected chi connectivity index (χ2v) is 12.5. The van der Waals surface area contributed by atoms with E-state index < -0.39 is 0 Å². The van der Waals surface area contributed by atoms with Crippen LogP contribution in [-0.4, -0.2) is 58.4 Å². The van der Waals surface area contributed by atoms with Crippen molar-refractivity contribution in [3.8, 4) is 0 Å². The van der Waals surface area contributed by atoms with Gasteiger partial charge in [-0.1, -0.05) is 44.2 Å². The second kappa shape index (κ2) is 9.79. The van der Waals surface area contributed by atoms with Crippen LogP contribution in [0.15, 0.2) is 24.3 Å². The van der Waals surface area contributed by atoms with Gasteiger partial charge in [-0.15, -0.1) is 0 Å². The lowest BCUT2D eigenvalue weighted by molar-refractivity contribution is -0.0421. The lowest BCUT2D eigenvalue weighted by Crippen LogP contribution is -2.58. The highest BCUT2D eigenvalue weighted by Gasteiger charge is 2.45. The van der Waals surface area contributed by atoms with E-state index in [9.17, 15) is 0 Å². The number of para-hydroxylation sites is 2. The summed E-state index contributed by atoms with van der Waals surface area (Å²) in [6.45, 7) is 2.59. The number of benzene rings is 1. The Morgan fingerprint density at radius 2 is 1.60 bits per heavy atom. The molecular formula is C30H44N4O. The Labute approximate surface area is 211 Å². The van der Waals surface area contributed by atoms with Crippen molar-refractivity contribution in [1.29, 1.82) is 0 Å². The van der Waals surface area contributed by atoms with Crippen molar-refractivity contribution in [2.24, 2.45) is 11.8 Å². The van der Waals surface area contributed by atoms with Gasteiger partial charge in [0.2, 0.25) is 0 Å². The molecule has 7 atom stereocenters. The zero-order valence-corrected chi connectivity index (χ0v) is 21.4. The highest BCUT2D eigenvalue weighted by atomic mass is 16.5. The van der Waals surface area contributed by atoms with Crippen molar-refractivity contribution in [2.75, 3.05) is 19.8 Å². The molecule has 190 valence electrons. The van der Waals surface area contributed by atoms with Crippen LogP contribution in [0.4, 0.5) is 0 Å². The van der Waals surface area contributed by atoms with E-state index in [4.69, 9.17) is 9.72 Å². The Morgan fingerprint density at radius 3 is 2.34 bits per heavy atom. The lowest BCUT2D eigenvalue weighted by atomic mass is 9.73. The highest BCUT2D eigenvalue weighted by molar-refractivity contribution is 5.76. The molecule has 1 aromatic carbocycles. The molecule has 2 aromatic rings. The summed E-state index contributed by atoms with van der Waals surface area (Å²) in [5.41, 5.74) is 2.52. The zero-order chi connectivity index (χ0) is 23.2. The molecule has 1 N–H and O–H groups in total. The first kappa shape index (κ1) is 22.7. The summed E-state index contributed by atoms with van der Waals surface area (Å²) in [5, 5.41) is 3.67. The summed E-state index contributed by atoms with van der Waals surface area (Å²) in [5.74, 6) is 3.29. The summed E-state index contributed by atoms with van der Waals surface area (Å²) in [7, 11) is 0. The number of piperidine rings is 2. The van der Waals surface area contributed by atoms with Gasteiger partial charge in [0.15, 0.2) is 0 Å². The fourth-order valence-electron chi connectivity index (χ4n) is 8.92. The quantitative estimate of drug-likeness (QED) is 0.634. The Bertz CT molecular complexity index is 985. The van der Waals surface area contributed by atoms with Crippen LogP contribution in [0.1, 0.15) is 88.9 Å². The molecule has 7 rings (SSSR count). The third-order valence-corrected chi connectivity index (χ3v) is 10.2. The van der Waals surface area contributed by atoms with Crippen molar-refractivity contribution < 1.29 is 4.74 Å². The average Bonchev–Trinajstić information content (AvgIpc) is 3.14. The summed E-state index contributed by atoms with van der Waals surface area (Å²) >= 11 is 0. The van der Waals surface area contributed by atoms with E-state index in [0.29, 0.717) is 12.1 Å². The van der Waals surface area contributed by atoms with E-state index >= 15 is 0 Å². The summed E-state index contributed by atoms with van der Waals surface area (Å²) in [6.07, 6.45) is 18.3. The first-order chi connectivity index (χ1) is 17.3. The van der Waals surface area contributed by atoms with Gasteiger partial charge in [0.1, 0.15) is 5.82 Å². The van der Waals surface area contributed by atoms with E-state index in [2.05, 4.69) is 39.0 Å². The molecule has 5 heteroatoms. The van der Waals surface area contributed by atoms with E-state index in [1.165, 1.54) is 93.9 Å². The van der Waals surface area contributed by atoms with Crippen LogP contribution in [0, 0.1) is 11.8 Å². The molecular weight excluding hydrogens is 432 g/mol. The van der Waals surface area contributed by atoms with E-state index in [0.717, 1.165) is 56.1 Å². The number of aromatic nitrogens is 2. The molecule has 4 heterocycles. The standard InChI is InChI=1S/C30H44N4O/c1-2-7-22-14-21(6-1)15-26(16-22)33-24-8-5-9-25(33)19-27(18-24)34-29-11-4-3-10-28(29)32-30(34)17-23-20-35-13-12-31-23/h3-4,10-11,21-27,31H,1-2,5-9,12-20H2/t21-,22+,23-,24-,25+,26+,27-/m0/s1. The van der Waals surface area contributed by atoms with Crippen molar-refractivity contribution >= 4 is 11.0 Å². The molecule has 35 heavy (non-hydrogen) atoms. The van der Waals surface area contributed by atoms with Crippen molar-refractivity contribution in [3.05, 3.63) is 30.1 Å². The van der Waals surface area contributed by atoms with Gasteiger partial charge < -0.3 is 14.6 Å². The predicted molar refractivity (Wildman–Crippen MR) is 141 cm³/mol. The molecule has 4 bridgehead atoms. The average molecular weight is 477 g/mol. The van der Waals surface area contributed by atoms with Crippen LogP contribution in [0.25, 0.3) is 11.0 Å². The van der Waals surface area contributed by atoms with E-state index in [1.807, 2.05) is 0 Å². The number of ether oxygens (including phenoxy) is 1. The molecule has 2 aliphatic carbocycles. The van der Waals surface area contributed by atoms with Gasteiger partial charge in [0.25, 0.3) is 0 Å². The second-order valence-electron chi connectivity index (χ2n) is 12.5. The van der Waals surface area contributed by atoms with Crippen molar-refractivity contribution in [1.82, 2.24) is 19.8 Å². The molecule has 2 saturated carbocycles. The highest BCUT2D eigenvalue weighted by Crippen LogP contribution is 2.47. The molecule has 3 aliphatic heterocycles. The summed E-state index contributed by atoms with van der Waals surface area (Å²) in [6, 6.07) is 12.2. The number of rotatable bonds is 4. The molecule has 0 amide bonds. The smallest absolute Gasteiger partial charge is 0.111 e. The van der Waals surface area contributed by atoms with Crippen LogP contribution < -0.4 is 5.32 Å². The van der Waals surface area contributed by atoms with Gasteiger partial charge in [-0.3, -0.25) is 4.90 Å². The Kier molecular flexibility index (Phi) is 6.36. The summed E-state index contributed by atoms with van der Waals surface area (Å²) in [4.78, 5) is 8.28. The molecule has 0 spiro atoms. The van der Waals surface area contributed by atoms with Crippen molar-refractivity contribution in [2.45, 2.75) is 114 Å². The minimum Gasteiger partial charge on any atom is -0.379 e.